The quantitative estimate of drug-likeness (QED) is 0.809. The highest BCUT2D eigenvalue weighted by molar-refractivity contribution is 5.39. The molecule has 0 spiro atoms. The molecule has 0 amide bonds. The second kappa shape index (κ2) is 8.74. The van der Waals surface area contributed by atoms with E-state index < -0.39 is 0 Å². The van der Waals surface area contributed by atoms with E-state index in [0.717, 1.165) is 30.9 Å². The molecule has 0 aliphatic heterocycles. The van der Waals surface area contributed by atoms with Gasteiger partial charge in [-0.2, -0.15) is 0 Å². The summed E-state index contributed by atoms with van der Waals surface area (Å²) in [5, 5.41) is 3.69. The first kappa shape index (κ1) is 16.8. The van der Waals surface area contributed by atoms with Crippen LogP contribution in [-0.4, -0.2) is 18.8 Å². The predicted molar refractivity (Wildman–Crippen MR) is 97.6 cm³/mol. The number of benzene rings is 2. The summed E-state index contributed by atoms with van der Waals surface area (Å²) in [6, 6.07) is 18.9. The maximum Gasteiger partial charge on any atom is 0.161 e. The number of hydrogen-bond donors (Lipinski definition) is 1. The highest BCUT2D eigenvalue weighted by Crippen LogP contribution is 2.31. The van der Waals surface area contributed by atoms with Gasteiger partial charge in [0.15, 0.2) is 11.5 Å². The van der Waals surface area contributed by atoms with E-state index in [-0.39, 0.29) is 6.10 Å². The Hall–Kier alpha value is -2.00. The van der Waals surface area contributed by atoms with Crippen LogP contribution in [0.25, 0.3) is 0 Å². The minimum absolute atomic E-state index is 0.198. The maximum atomic E-state index is 6.35. The van der Waals surface area contributed by atoms with Gasteiger partial charge in [0.2, 0.25) is 0 Å². The van der Waals surface area contributed by atoms with Gasteiger partial charge in [-0.15, -0.1) is 0 Å². The Bertz CT molecular complexity index is 614. The molecule has 3 heteroatoms. The normalized spacial score (nSPS) is 20.5. The Labute approximate surface area is 145 Å². The summed E-state index contributed by atoms with van der Waals surface area (Å²) in [4.78, 5) is 0. The zero-order chi connectivity index (χ0) is 16.6. The number of ether oxygens (including phenoxy) is 2. The molecule has 3 rings (SSSR count). The van der Waals surface area contributed by atoms with Crippen LogP contribution in [0, 0.1) is 0 Å². The van der Waals surface area contributed by atoms with Gasteiger partial charge in [0.1, 0.15) is 6.10 Å². The fourth-order valence-corrected chi connectivity index (χ4v) is 3.30. The molecular weight excluding hydrogens is 298 g/mol. The van der Waals surface area contributed by atoms with Crippen molar-refractivity contribution in [1.29, 1.82) is 0 Å². The lowest BCUT2D eigenvalue weighted by molar-refractivity contribution is 0.108. The van der Waals surface area contributed by atoms with Crippen LogP contribution >= 0.6 is 0 Å². The summed E-state index contributed by atoms with van der Waals surface area (Å²) in [6.07, 6.45) is 4.94. The van der Waals surface area contributed by atoms with E-state index in [2.05, 4.69) is 35.6 Å². The smallest absolute Gasteiger partial charge is 0.161 e. The number of rotatable bonds is 7. The van der Waals surface area contributed by atoms with E-state index in [9.17, 15) is 0 Å². The van der Waals surface area contributed by atoms with Gasteiger partial charge in [0.25, 0.3) is 0 Å². The van der Waals surface area contributed by atoms with E-state index in [1.54, 1.807) is 0 Å². The predicted octanol–water partition coefficient (Wildman–Crippen LogP) is 4.57. The van der Waals surface area contributed by atoms with E-state index in [0.29, 0.717) is 12.6 Å². The first-order chi connectivity index (χ1) is 11.9. The van der Waals surface area contributed by atoms with Crippen molar-refractivity contribution in [3.05, 3.63) is 60.2 Å². The Morgan fingerprint density at radius 2 is 1.62 bits per heavy atom. The molecule has 0 bridgehead atoms. The minimum Gasteiger partial charge on any atom is -0.490 e. The molecule has 128 valence electrons. The van der Waals surface area contributed by atoms with Gasteiger partial charge in [0, 0.05) is 12.6 Å². The molecule has 2 aromatic carbocycles. The summed E-state index contributed by atoms with van der Waals surface area (Å²) in [5.74, 6) is 1.70. The van der Waals surface area contributed by atoms with Crippen molar-refractivity contribution in [3.8, 4) is 11.5 Å². The fraction of sp³-hybridized carbons (Fsp3) is 0.429. The molecule has 0 radical (unpaired) electrons. The molecule has 1 aliphatic rings. The summed E-state index contributed by atoms with van der Waals surface area (Å²) in [7, 11) is 0. The first-order valence-electron chi connectivity index (χ1n) is 9.02. The van der Waals surface area contributed by atoms with Crippen LogP contribution < -0.4 is 14.8 Å². The molecule has 2 atom stereocenters. The van der Waals surface area contributed by atoms with Crippen LogP contribution in [0.2, 0.25) is 0 Å². The fourth-order valence-electron chi connectivity index (χ4n) is 3.30. The van der Waals surface area contributed by atoms with E-state index >= 15 is 0 Å². The zero-order valence-electron chi connectivity index (χ0n) is 14.4. The largest absolute Gasteiger partial charge is 0.490 e. The average Bonchev–Trinajstić information content (AvgIpc) is 2.64. The topological polar surface area (TPSA) is 30.5 Å². The molecule has 1 fully saturated rings. The van der Waals surface area contributed by atoms with Crippen molar-refractivity contribution in [2.24, 2.45) is 0 Å². The maximum absolute atomic E-state index is 6.35. The molecule has 1 N–H and O–H groups in total. The minimum atomic E-state index is 0.198. The lowest BCUT2D eigenvalue weighted by Gasteiger charge is -2.33. The standard InChI is InChI=1S/C21H27NO2/c1-2-23-20-14-8-9-15-21(20)24-19-13-7-6-12-18(19)22-16-17-10-4-3-5-11-17/h3-5,8-11,14-15,18-19,22H,2,6-7,12-13,16H2,1H3. The molecule has 0 aromatic heterocycles. The first-order valence-corrected chi connectivity index (χ1v) is 9.02. The van der Waals surface area contributed by atoms with Crippen molar-refractivity contribution in [2.75, 3.05) is 6.61 Å². The molecular formula is C21H27NO2. The summed E-state index contributed by atoms with van der Waals surface area (Å²) in [6.45, 7) is 3.54. The van der Waals surface area contributed by atoms with Crippen LogP contribution in [0.15, 0.2) is 54.6 Å². The second-order valence-electron chi connectivity index (χ2n) is 6.29. The highest BCUT2D eigenvalue weighted by Gasteiger charge is 2.27. The SMILES string of the molecule is CCOc1ccccc1OC1CCCCC1NCc1ccccc1. The third-order valence-corrected chi connectivity index (χ3v) is 4.54. The van der Waals surface area contributed by atoms with E-state index in [1.165, 1.54) is 18.4 Å². The van der Waals surface area contributed by atoms with Crippen molar-refractivity contribution in [3.63, 3.8) is 0 Å². The van der Waals surface area contributed by atoms with Crippen molar-refractivity contribution < 1.29 is 9.47 Å². The summed E-state index contributed by atoms with van der Waals surface area (Å²) < 4.78 is 12.1. The lowest BCUT2D eigenvalue weighted by Crippen LogP contribution is -2.44. The van der Waals surface area contributed by atoms with Crippen molar-refractivity contribution in [2.45, 2.75) is 51.3 Å². The molecule has 0 saturated heterocycles. The summed E-state index contributed by atoms with van der Waals surface area (Å²) in [5.41, 5.74) is 1.32. The van der Waals surface area contributed by atoms with Gasteiger partial charge in [-0.3, -0.25) is 0 Å². The molecule has 1 aliphatic carbocycles. The molecule has 2 aromatic rings. The average molecular weight is 325 g/mol. The van der Waals surface area contributed by atoms with Crippen LogP contribution in [0.5, 0.6) is 11.5 Å². The number of para-hydroxylation sites is 2. The third kappa shape index (κ3) is 4.51. The van der Waals surface area contributed by atoms with Crippen LogP contribution in [0.3, 0.4) is 0 Å². The Morgan fingerprint density at radius 1 is 0.917 bits per heavy atom. The second-order valence-corrected chi connectivity index (χ2v) is 6.29. The molecule has 3 nitrogen and oxygen atoms in total. The van der Waals surface area contributed by atoms with Gasteiger partial charge in [-0.1, -0.05) is 48.9 Å². The number of nitrogens with one attached hydrogen (secondary N) is 1. The molecule has 1 saturated carbocycles. The van der Waals surface area contributed by atoms with Gasteiger partial charge >= 0.3 is 0 Å². The number of hydrogen-bond acceptors (Lipinski definition) is 3. The van der Waals surface area contributed by atoms with Gasteiger partial charge in [0.05, 0.1) is 6.61 Å². The lowest BCUT2D eigenvalue weighted by atomic mass is 9.92. The Kier molecular flexibility index (Phi) is 6.13. The van der Waals surface area contributed by atoms with Crippen molar-refractivity contribution >= 4 is 0 Å². The summed E-state index contributed by atoms with van der Waals surface area (Å²) >= 11 is 0. The van der Waals surface area contributed by atoms with Gasteiger partial charge in [-0.25, -0.2) is 0 Å². The van der Waals surface area contributed by atoms with Gasteiger partial charge in [-0.05, 0) is 43.9 Å². The zero-order valence-corrected chi connectivity index (χ0v) is 14.4. The molecule has 2 unspecified atom stereocenters. The Balaban J connectivity index is 1.64. The van der Waals surface area contributed by atoms with Crippen molar-refractivity contribution in [1.82, 2.24) is 5.32 Å². The van der Waals surface area contributed by atoms with Crippen LogP contribution in [-0.2, 0) is 6.54 Å². The van der Waals surface area contributed by atoms with Crippen LogP contribution in [0.1, 0.15) is 38.2 Å². The van der Waals surface area contributed by atoms with E-state index in [4.69, 9.17) is 9.47 Å². The van der Waals surface area contributed by atoms with Crippen LogP contribution in [0.4, 0.5) is 0 Å². The molecule has 24 heavy (non-hydrogen) atoms. The monoisotopic (exact) mass is 325 g/mol. The van der Waals surface area contributed by atoms with Gasteiger partial charge < -0.3 is 14.8 Å². The molecule has 0 heterocycles. The van der Waals surface area contributed by atoms with E-state index in [1.807, 2.05) is 31.2 Å². The third-order valence-electron chi connectivity index (χ3n) is 4.54. The highest BCUT2D eigenvalue weighted by atomic mass is 16.5. The Morgan fingerprint density at radius 3 is 2.42 bits per heavy atom.